The molecule has 3 N–H and O–H groups in total. The van der Waals surface area contributed by atoms with Crippen molar-refractivity contribution in [2.24, 2.45) is 10.9 Å². The molecule has 1 saturated heterocycles. The quantitative estimate of drug-likeness (QED) is 0.358. The van der Waals surface area contributed by atoms with Crippen molar-refractivity contribution >= 4 is 23.4 Å². The van der Waals surface area contributed by atoms with Gasteiger partial charge in [-0.1, -0.05) is 5.16 Å². The van der Waals surface area contributed by atoms with Crippen LogP contribution in [0.5, 0.6) is 0 Å². The van der Waals surface area contributed by atoms with Crippen molar-refractivity contribution < 1.29 is 5.21 Å². The van der Waals surface area contributed by atoms with Crippen molar-refractivity contribution in [1.29, 1.82) is 0 Å². The molecular formula is C11H17N5OS. The van der Waals surface area contributed by atoms with Crippen molar-refractivity contribution in [3.8, 4) is 0 Å². The Kier molecular flexibility index (Phi) is 3.60. The number of aromatic nitrogens is 2. The highest BCUT2D eigenvalue weighted by molar-refractivity contribution is 8.00. The maximum Gasteiger partial charge on any atom is 0.173 e. The van der Waals surface area contributed by atoms with Crippen molar-refractivity contribution in [3.05, 3.63) is 17.8 Å². The maximum absolute atomic E-state index is 8.81. The highest BCUT2D eigenvalue weighted by atomic mass is 32.2. The van der Waals surface area contributed by atoms with Gasteiger partial charge in [0.15, 0.2) is 11.7 Å². The molecule has 0 unspecified atom stereocenters. The van der Waals surface area contributed by atoms with Crippen LogP contribution in [0.15, 0.2) is 17.4 Å². The molecule has 0 saturated carbocycles. The smallest absolute Gasteiger partial charge is 0.173 e. The second-order valence-electron chi connectivity index (χ2n) is 4.78. The van der Waals surface area contributed by atoms with Crippen LogP contribution in [0.4, 0.5) is 5.82 Å². The molecule has 1 aliphatic heterocycles. The molecule has 2 rings (SSSR count). The number of nitrogens with two attached hydrogens (primary N) is 1. The van der Waals surface area contributed by atoms with E-state index in [-0.39, 0.29) is 10.6 Å². The average molecular weight is 267 g/mol. The van der Waals surface area contributed by atoms with Gasteiger partial charge in [0.1, 0.15) is 0 Å². The largest absolute Gasteiger partial charge is 0.409 e. The van der Waals surface area contributed by atoms with E-state index >= 15 is 0 Å². The summed E-state index contributed by atoms with van der Waals surface area (Å²) in [7, 11) is 0. The lowest BCUT2D eigenvalue weighted by Crippen LogP contribution is -2.44. The van der Waals surface area contributed by atoms with E-state index in [9.17, 15) is 0 Å². The molecule has 0 aromatic carbocycles. The van der Waals surface area contributed by atoms with Crippen molar-refractivity contribution in [1.82, 2.24) is 10.2 Å². The van der Waals surface area contributed by atoms with Gasteiger partial charge < -0.3 is 15.8 Å². The van der Waals surface area contributed by atoms with E-state index in [1.54, 1.807) is 12.3 Å². The third kappa shape index (κ3) is 2.66. The summed E-state index contributed by atoms with van der Waals surface area (Å²) in [6.45, 7) is 6.15. The summed E-state index contributed by atoms with van der Waals surface area (Å²) in [5.74, 6) is 1.77. The molecule has 0 bridgehead atoms. The fraction of sp³-hybridized carbons (Fsp3) is 0.545. The molecule has 0 aliphatic carbocycles. The van der Waals surface area contributed by atoms with Crippen LogP contribution in [0, 0.1) is 0 Å². The van der Waals surface area contributed by atoms with Crippen molar-refractivity contribution in [3.63, 3.8) is 0 Å². The highest BCUT2D eigenvalue weighted by Crippen LogP contribution is 2.32. The lowest BCUT2D eigenvalue weighted by molar-refractivity contribution is 0.318. The van der Waals surface area contributed by atoms with Gasteiger partial charge in [-0.25, -0.2) is 0 Å². The summed E-state index contributed by atoms with van der Waals surface area (Å²) in [6, 6.07) is 1.71. The number of hydrogen-bond acceptors (Lipinski definition) is 6. The van der Waals surface area contributed by atoms with Gasteiger partial charge >= 0.3 is 0 Å². The Morgan fingerprint density at radius 2 is 2.39 bits per heavy atom. The summed E-state index contributed by atoms with van der Waals surface area (Å²) < 4.78 is 0.165. The Bertz CT molecular complexity index is 463. The molecule has 1 aliphatic rings. The standard InChI is InChI=1S/C11H17N5OS/c1-11(2)7-16(5-6-18-11)10-8(9(12)15-17)3-4-13-14-10/h3-4,17H,5-7H2,1-2H3,(H2,12,15). The molecular weight excluding hydrogens is 250 g/mol. The van der Waals surface area contributed by atoms with E-state index in [0.717, 1.165) is 18.8 Å². The van der Waals surface area contributed by atoms with Crippen LogP contribution in [0.3, 0.4) is 0 Å². The number of oxime groups is 1. The average Bonchev–Trinajstić information content (AvgIpc) is 2.36. The normalized spacial score (nSPS) is 19.9. The van der Waals surface area contributed by atoms with Crippen molar-refractivity contribution in [2.75, 3.05) is 23.7 Å². The zero-order valence-electron chi connectivity index (χ0n) is 10.5. The van der Waals surface area contributed by atoms with Crippen molar-refractivity contribution in [2.45, 2.75) is 18.6 Å². The Morgan fingerprint density at radius 3 is 3.06 bits per heavy atom. The van der Waals surface area contributed by atoms with Gasteiger partial charge in [-0.15, -0.1) is 5.10 Å². The monoisotopic (exact) mass is 267 g/mol. The fourth-order valence-electron chi connectivity index (χ4n) is 2.01. The summed E-state index contributed by atoms with van der Waals surface area (Å²) in [5, 5.41) is 19.9. The first-order valence-electron chi connectivity index (χ1n) is 5.72. The first-order valence-corrected chi connectivity index (χ1v) is 6.70. The van der Waals surface area contributed by atoms with E-state index in [0.29, 0.717) is 11.4 Å². The summed E-state index contributed by atoms with van der Waals surface area (Å²) in [5.41, 5.74) is 6.29. The van der Waals surface area contributed by atoms with Gasteiger partial charge in [0.2, 0.25) is 0 Å². The minimum absolute atomic E-state index is 0.0657. The fourth-order valence-corrected chi connectivity index (χ4v) is 3.12. The molecule has 0 radical (unpaired) electrons. The molecule has 0 amide bonds. The molecule has 7 heteroatoms. The number of hydrogen-bond donors (Lipinski definition) is 2. The lowest BCUT2D eigenvalue weighted by Gasteiger charge is -2.38. The Balaban J connectivity index is 2.33. The Hall–Kier alpha value is -1.50. The Labute approximate surface area is 110 Å². The summed E-state index contributed by atoms with van der Waals surface area (Å²) in [6.07, 6.45) is 1.54. The van der Waals surface area contributed by atoms with Crippen LogP contribution < -0.4 is 10.6 Å². The predicted octanol–water partition coefficient (Wildman–Crippen LogP) is 0.903. The second-order valence-corrected chi connectivity index (χ2v) is 6.59. The van der Waals surface area contributed by atoms with Gasteiger partial charge in [-0.3, -0.25) is 0 Å². The minimum atomic E-state index is 0.0657. The van der Waals surface area contributed by atoms with Gasteiger partial charge in [0.05, 0.1) is 11.8 Å². The molecule has 6 nitrogen and oxygen atoms in total. The first-order chi connectivity index (χ1) is 8.53. The zero-order valence-corrected chi connectivity index (χ0v) is 11.3. The van der Waals surface area contributed by atoms with E-state index in [4.69, 9.17) is 10.9 Å². The van der Waals surface area contributed by atoms with E-state index in [2.05, 4.69) is 34.1 Å². The number of rotatable bonds is 2. The second kappa shape index (κ2) is 5.01. The van der Waals surface area contributed by atoms with Crippen LogP contribution in [-0.2, 0) is 0 Å². The molecule has 98 valence electrons. The SMILES string of the molecule is CC1(C)CN(c2nnccc2/C(N)=N/O)CCS1. The topological polar surface area (TPSA) is 87.6 Å². The van der Waals surface area contributed by atoms with Crippen LogP contribution in [-0.4, -0.2) is 44.8 Å². The van der Waals surface area contributed by atoms with Crippen LogP contribution in [0.1, 0.15) is 19.4 Å². The van der Waals surface area contributed by atoms with E-state index < -0.39 is 0 Å². The highest BCUT2D eigenvalue weighted by Gasteiger charge is 2.29. The molecule has 0 spiro atoms. The molecule has 1 aromatic rings. The number of amidine groups is 1. The molecule has 1 fully saturated rings. The van der Waals surface area contributed by atoms with Crippen LogP contribution in [0.2, 0.25) is 0 Å². The predicted molar refractivity (Wildman–Crippen MR) is 73.3 cm³/mol. The summed E-state index contributed by atoms with van der Waals surface area (Å²) in [4.78, 5) is 2.14. The molecule has 2 heterocycles. The first kappa shape index (κ1) is 12.9. The molecule has 0 atom stereocenters. The summed E-state index contributed by atoms with van der Waals surface area (Å²) >= 11 is 1.94. The lowest BCUT2D eigenvalue weighted by atomic mass is 10.1. The van der Waals surface area contributed by atoms with Gasteiger partial charge in [-0.05, 0) is 19.9 Å². The number of thioether (sulfide) groups is 1. The van der Waals surface area contributed by atoms with E-state index in [1.165, 1.54) is 0 Å². The van der Waals surface area contributed by atoms with Gasteiger partial charge in [-0.2, -0.15) is 16.9 Å². The number of nitrogens with zero attached hydrogens (tertiary/aromatic N) is 4. The zero-order chi connectivity index (χ0) is 13.2. The number of anilines is 1. The van der Waals surface area contributed by atoms with Crippen LogP contribution in [0.25, 0.3) is 0 Å². The third-order valence-electron chi connectivity index (χ3n) is 2.81. The Morgan fingerprint density at radius 1 is 1.61 bits per heavy atom. The van der Waals surface area contributed by atoms with Gasteiger partial charge in [0.25, 0.3) is 0 Å². The van der Waals surface area contributed by atoms with Crippen LogP contribution >= 0.6 is 11.8 Å². The van der Waals surface area contributed by atoms with E-state index in [1.807, 2.05) is 11.8 Å². The minimum Gasteiger partial charge on any atom is -0.409 e. The molecule has 18 heavy (non-hydrogen) atoms. The third-order valence-corrected chi connectivity index (χ3v) is 4.11. The molecule has 1 aromatic heterocycles. The van der Waals surface area contributed by atoms with Gasteiger partial charge in [0, 0.05) is 23.6 Å². The maximum atomic E-state index is 8.81.